The molecule has 3 rings (SSSR count). The van der Waals surface area contributed by atoms with Crippen LogP contribution in [0.3, 0.4) is 0 Å². The molecule has 0 aromatic heterocycles. The largest absolute Gasteiger partial charge is 0.416 e. The summed E-state index contributed by atoms with van der Waals surface area (Å²) in [5.74, 6) is 0. The van der Waals surface area contributed by atoms with Gasteiger partial charge in [-0.1, -0.05) is 12.1 Å². The van der Waals surface area contributed by atoms with Gasteiger partial charge in [0.05, 0.1) is 17.3 Å². The summed E-state index contributed by atoms with van der Waals surface area (Å²) in [6, 6.07) is 4.05. The minimum absolute atomic E-state index is 0.144. The van der Waals surface area contributed by atoms with Crippen molar-refractivity contribution in [2.24, 2.45) is 0 Å². The van der Waals surface area contributed by atoms with Crippen molar-refractivity contribution < 1.29 is 21.6 Å². The summed E-state index contributed by atoms with van der Waals surface area (Å²) in [4.78, 5) is 0. The van der Waals surface area contributed by atoms with Gasteiger partial charge in [0, 0.05) is 25.5 Å². The summed E-state index contributed by atoms with van der Waals surface area (Å²) >= 11 is 0. The zero-order valence-corrected chi connectivity index (χ0v) is 16.1. The standard InChI is InChI=1S/C17H23F3N4O2S/c1-11-8-16(27(3,25)26,9-14(21-11)15-10-24(2)23-22-15)12-4-6-13(7-5-12)17(18,19)20/h4-7,10-11,14,21-23H,8-9H2,1-3H3/t11-,14-,16-/m0/s1. The molecular formula is C17H23F3N4O2S. The summed E-state index contributed by atoms with van der Waals surface area (Å²) in [5, 5.41) is 5.07. The van der Waals surface area contributed by atoms with Gasteiger partial charge in [-0.15, -0.1) is 5.53 Å². The second kappa shape index (κ2) is 6.68. The number of hydrogen-bond donors (Lipinski definition) is 3. The maximum atomic E-state index is 12.9. The van der Waals surface area contributed by atoms with E-state index in [-0.39, 0.29) is 24.9 Å². The van der Waals surface area contributed by atoms with E-state index >= 15 is 0 Å². The first kappa shape index (κ1) is 20.0. The lowest BCUT2D eigenvalue weighted by Gasteiger charge is -2.43. The smallest absolute Gasteiger partial charge is 0.306 e. The van der Waals surface area contributed by atoms with Gasteiger partial charge in [-0.25, -0.2) is 8.42 Å². The summed E-state index contributed by atoms with van der Waals surface area (Å²) < 4.78 is 63.1. The van der Waals surface area contributed by atoms with E-state index in [9.17, 15) is 21.6 Å². The van der Waals surface area contributed by atoms with Crippen LogP contribution in [0.2, 0.25) is 0 Å². The lowest BCUT2D eigenvalue weighted by Crippen LogP contribution is -2.56. The predicted octanol–water partition coefficient (Wildman–Crippen LogP) is 1.88. The van der Waals surface area contributed by atoms with E-state index < -0.39 is 26.3 Å². The van der Waals surface area contributed by atoms with Crippen LogP contribution < -0.4 is 16.3 Å². The number of hydrogen-bond acceptors (Lipinski definition) is 6. The number of nitrogens with zero attached hydrogens (tertiary/aromatic N) is 1. The number of hydrazine groups is 2. The summed E-state index contributed by atoms with van der Waals surface area (Å²) in [6.07, 6.45) is -0.994. The molecule has 10 heteroatoms. The first-order chi connectivity index (χ1) is 12.4. The highest BCUT2D eigenvalue weighted by Crippen LogP contribution is 2.44. The molecule has 1 saturated heterocycles. The highest BCUT2D eigenvalue weighted by Gasteiger charge is 2.49. The Morgan fingerprint density at radius 3 is 2.30 bits per heavy atom. The fourth-order valence-electron chi connectivity index (χ4n) is 3.89. The second-order valence-corrected chi connectivity index (χ2v) is 9.63. The van der Waals surface area contributed by atoms with Crippen molar-refractivity contribution in [2.75, 3.05) is 13.3 Å². The van der Waals surface area contributed by atoms with Crippen LogP contribution in [0.4, 0.5) is 13.2 Å². The third-order valence-electron chi connectivity index (χ3n) is 5.19. The number of nitrogens with one attached hydrogen (secondary N) is 3. The summed E-state index contributed by atoms with van der Waals surface area (Å²) in [7, 11) is -1.81. The van der Waals surface area contributed by atoms with Gasteiger partial charge >= 0.3 is 6.18 Å². The number of halogens is 3. The molecule has 1 aromatic carbocycles. The molecule has 0 spiro atoms. The van der Waals surface area contributed by atoms with Gasteiger partial charge < -0.3 is 10.7 Å². The zero-order chi connectivity index (χ0) is 20.0. The first-order valence-electron chi connectivity index (χ1n) is 8.52. The third kappa shape index (κ3) is 3.78. The van der Waals surface area contributed by atoms with Crippen LogP contribution in [0, 0.1) is 0 Å². The average Bonchev–Trinajstić information content (AvgIpc) is 2.99. The number of sulfone groups is 1. The second-order valence-electron chi connectivity index (χ2n) is 7.30. The van der Waals surface area contributed by atoms with Crippen LogP contribution in [0.15, 0.2) is 36.2 Å². The van der Waals surface area contributed by atoms with Gasteiger partial charge in [-0.05, 0) is 37.5 Å². The van der Waals surface area contributed by atoms with Crippen LogP contribution in [-0.2, 0) is 20.8 Å². The quantitative estimate of drug-likeness (QED) is 0.715. The summed E-state index contributed by atoms with van der Waals surface area (Å²) in [5.41, 5.74) is 6.26. The minimum atomic E-state index is -4.46. The Bertz CT molecular complexity index is 839. The van der Waals surface area contributed by atoms with Crippen LogP contribution in [0.1, 0.15) is 30.9 Å². The van der Waals surface area contributed by atoms with Crippen molar-refractivity contribution in [3.8, 4) is 0 Å². The highest BCUT2D eigenvalue weighted by molar-refractivity contribution is 7.91. The molecule has 3 N–H and O–H groups in total. The average molecular weight is 404 g/mol. The molecule has 0 amide bonds. The number of benzene rings is 1. The Kier molecular flexibility index (Phi) is 4.94. The van der Waals surface area contributed by atoms with Crippen LogP contribution in [0.5, 0.6) is 0 Å². The first-order valence-corrected chi connectivity index (χ1v) is 10.4. The number of rotatable bonds is 3. The van der Waals surface area contributed by atoms with E-state index in [1.54, 1.807) is 12.1 Å². The lowest BCUT2D eigenvalue weighted by molar-refractivity contribution is -0.137. The molecule has 27 heavy (non-hydrogen) atoms. The Balaban J connectivity index is 2.03. The Morgan fingerprint density at radius 1 is 1.19 bits per heavy atom. The summed E-state index contributed by atoms with van der Waals surface area (Å²) in [6.45, 7) is 1.88. The molecule has 2 heterocycles. The Morgan fingerprint density at radius 2 is 1.81 bits per heavy atom. The van der Waals surface area contributed by atoms with Crippen molar-refractivity contribution in [1.82, 2.24) is 21.3 Å². The van der Waals surface area contributed by atoms with Crippen molar-refractivity contribution in [3.05, 3.63) is 47.3 Å². The molecule has 0 saturated carbocycles. The molecule has 3 atom stereocenters. The van der Waals surface area contributed by atoms with Crippen LogP contribution >= 0.6 is 0 Å². The molecule has 0 aliphatic carbocycles. The lowest BCUT2D eigenvalue weighted by atomic mass is 9.81. The number of piperidine rings is 1. The predicted molar refractivity (Wildman–Crippen MR) is 95.7 cm³/mol. The van der Waals surface area contributed by atoms with Crippen molar-refractivity contribution >= 4 is 9.84 Å². The SMILES string of the molecule is C[C@H]1C[C@](c2ccc(C(F)(F)F)cc2)(S(C)(=O)=O)C[C@@H](C2=CN(C)NN2)N1. The molecule has 1 fully saturated rings. The molecule has 1 aromatic rings. The fourth-order valence-corrected chi connectivity index (χ4v) is 5.47. The van der Waals surface area contributed by atoms with Crippen molar-refractivity contribution in [2.45, 2.75) is 42.8 Å². The van der Waals surface area contributed by atoms with Gasteiger partial charge in [0.15, 0.2) is 9.84 Å². The Hall–Kier alpha value is -1.78. The van der Waals surface area contributed by atoms with Crippen LogP contribution in [-0.4, -0.2) is 38.8 Å². The normalized spacial score (nSPS) is 29.4. The number of alkyl halides is 3. The van der Waals surface area contributed by atoms with E-state index in [4.69, 9.17) is 0 Å². The third-order valence-corrected chi connectivity index (χ3v) is 7.18. The molecule has 0 unspecified atom stereocenters. The maximum Gasteiger partial charge on any atom is 0.416 e. The van der Waals surface area contributed by atoms with E-state index in [2.05, 4.69) is 16.3 Å². The van der Waals surface area contributed by atoms with Gasteiger partial charge in [-0.3, -0.25) is 5.01 Å². The Labute approximate surface area is 156 Å². The van der Waals surface area contributed by atoms with Gasteiger partial charge in [0.2, 0.25) is 0 Å². The van der Waals surface area contributed by atoms with E-state index in [0.29, 0.717) is 5.56 Å². The van der Waals surface area contributed by atoms with Crippen LogP contribution in [0.25, 0.3) is 0 Å². The van der Waals surface area contributed by atoms with Gasteiger partial charge in [0.25, 0.3) is 0 Å². The molecule has 0 radical (unpaired) electrons. The molecule has 6 nitrogen and oxygen atoms in total. The van der Waals surface area contributed by atoms with E-state index in [1.807, 2.05) is 13.1 Å². The van der Waals surface area contributed by atoms with Crippen molar-refractivity contribution in [3.63, 3.8) is 0 Å². The minimum Gasteiger partial charge on any atom is -0.306 e. The van der Waals surface area contributed by atoms with E-state index in [1.165, 1.54) is 12.1 Å². The van der Waals surface area contributed by atoms with Gasteiger partial charge in [0.1, 0.15) is 4.75 Å². The molecule has 150 valence electrons. The zero-order valence-electron chi connectivity index (χ0n) is 15.3. The topological polar surface area (TPSA) is 73.5 Å². The molecule has 2 aliphatic heterocycles. The monoisotopic (exact) mass is 404 g/mol. The fraction of sp³-hybridized carbons (Fsp3) is 0.529. The molecule has 2 aliphatic rings. The molecular weight excluding hydrogens is 381 g/mol. The molecule has 0 bridgehead atoms. The maximum absolute atomic E-state index is 12.9. The van der Waals surface area contributed by atoms with Crippen molar-refractivity contribution in [1.29, 1.82) is 0 Å². The van der Waals surface area contributed by atoms with E-state index in [0.717, 1.165) is 24.1 Å². The highest BCUT2D eigenvalue weighted by atomic mass is 32.2. The van der Waals surface area contributed by atoms with Gasteiger partial charge in [-0.2, -0.15) is 13.2 Å².